The lowest BCUT2D eigenvalue weighted by Gasteiger charge is -2.40. The van der Waals surface area contributed by atoms with Crippen molar-refractivity contribution in [1.82, 2.24) is 4.72 Å². The van der Waals surface area contributed by atoms with E-state index >= 15 is 0 Å². The zero-order chi connectivity index (χ0) is 31.8. The monoisotopic (exact) mass is 633 g/mol. The second-order valence-electron chi connectivity index (χ2n) is 11.8. The maximum Gasteiger partial charge on any atom is 0.240 e. The molecular weight excluding hydrogens is 578 g/mol. The van der Waals surface area contributed by atoms with E-state index in [-0.39, 0.29) is 11.3 Å². The van der Waals surface area contributed by atoms with Gasteiger partial charge in [0, 0.05) is 0 Å². The van der Waals surface area contributed by atoms with Gasteiger partial charge in [-0.05, 0) is 31.0 Å². The van der Waals surface area contributed by atoms with Crippen molar-refractivity contribution in [3.8, 4) is 0 Å². The Morgan fingerprint density at radius 1 is 0.884 bits per heavy atom. The molecule has 1 aliphatic rings. The van der Waals surface area contributed by atoms with Crippen LogP contribution in [0, 0.1) is 6.92 Å². The standard InChI is InChI=1S/C31H55NO10S/c1-3-4-5-6-7-8-9-10-11-12-13-14-18-25(34)27(35)24(32-43(39,40)23-17-15-16-22(2)19-23)21-41-31-30(38)29(37)28(36)26(20-33)42-31/h15-17,19,24-38H,3-14,18,20-21H2,1-2H3/t24-,25+,26+,27-,28-,29-,30+,31+/m0/s1. The van der Waals surface area contributed by atoms with Gasteiger partial charge in [-0.15, -0.1) is 0 Å². The van der Waals surface area contributed by atoms with Gasteiger partial charge in [-0.25, -0.2) is 13.1 Å². The first-order valence-corrected chi connectivity index (χ1v) is 17.4. The Kier molecular flexibility index (Phi) is 17.7. The van der Waals surface area contributed by atoms with Gasteiger partial charge in [0.1, 0.15) is 24.4 Å². The second-order valence-corrected chi connectivity index (χ2v) is 13.5. The van der Waals surface area contributed by atoms with Crippen LogP contribution in [-0.4, -0.2) is 101 Å². The molecule has 1 saturated heterocycles. The number of hydrogen-bond donors (Lipinski definition) is 7. The summed E-state index contributed by atoms with van der Waals surface area (Å²) in [4.78, 5) is -0.0343. The summed E-state index contributed by atoms with van der Waals surface area (Å²) >= 11 is 0. The van der Waals surface area contributed by atoms with Gasteiger partial charge in [0.15, 0.2) is 6.29 Å². The van der Waals surface area contributed by atoms with Crippen molar-refractivity contribution in [3.05, 3.63) is 29.8 Å². The van der Waals surface area contributed by atoms with Crippen LogP contribution in [0.2, 0.25) is 0 Å². The van der Waals surface area contributed by atoms with Crippen molar-refractivity contribution in [2.75, 3.05) is 13.2 Å². The van der Waals surface area contributed by atoms with Crippen LogP contribution < -0.4 is 4.72 Å². The number of sulfonamides is 1. The molecule has 250 valence electrons. The highest BCUT2D eigenvalue weighted by molar-refractivity contribution is 7.89. The number of nitrogens with one attached hydrogen (secondary N) is 1. The molecular formula is C31H55NO10S. The van der Waals surface area contributed by atoms with Gasteiger partial charge in [-0.3, -0.25) is 0 Å². The topological polar surface area (TPSA) is 186 Å². The van der Waals surface area contributed by atoms with E-state index in [0.29, 0.717) is 12.0 Å². The number of hydrogen-bond acceptors (Lipinski definition) is 10. The summed E-state index contributed by atoms with van der Waals surface area (Å²) in [5, 5.41) is 61.6. The Bertz CT molecular complexity index is 995. The highest BCUT2D eigenvalue weighted by atomic mass is 32.2. The molecule has 1 fully saturated rings. The van der Waals surface area contributed by atoms with Gasteiger partial charge < -0.3 is 40.1 Å². The van der Waals surface area contributed by atoms with Crippen molar-refractivity contribution >= 4 is 10.0 Å². The van der Waals surface area contributed by atoms with E-state index in [0.717, 1.165) is 19.3 Å². The summed E-state index contributed by atoms with van der Waals surface area (Å²) in [5.74, 6) is 0. The fourth-order valence-corrected chi connectivity index (χ4v) is 6.63. The maximum absolute atomic E-state index is 13.2. The minimum absolute atomic E-state index is 0.0343. The third kappa shape index (κ3) is 13.0. The zero-order valence-corrected chi connectivity index (χ0v) is 26.6. The lowest BCUT2D eigenvalue weighted by molar-refractivity contribution is -0.303. The molecule has 0 saturated carbocycles. The molecule has 1 heterocycles. The van der Waals surface area contributed by atoms with E-state index in [1.165, 1.54) is 63.5 Å². The normalized spacial score (nSPS) is 25.0. The lowest BCUT2D eigenvalue weighted by Crippen LogP contribution is -2.60. The van der Waals surface area contributed by atoms with Gasteiger partial charge >= 0.3 is 0 Å². The van der Waals surface area contributed by atoms with Crippen LogP contribution in [0.3, 0.4) is 0 Å². The number of aliphatic hydroxyl groups is 6. The quantitative estimate of drug-likeness (QED) is 0.0934. The van der Waals surface area contributed by atoms with Crippen LogP contribution in [0.5, 0.6) is 0 Å². The van der Waals surface area contributed by atoms with Crippen LogP contribution in [0.25, 0.3) is 0 Å². The molecule has 1 aromatic rings. The number of aryl methyl sites for hydroxylation is 1. The maximum atomic E-state index is 13.2. The molecule has 0 amide bonds. The smallest absolute Gasteiger partial charge is 0.240 e. The van der Waals surface area contributed by atoms with Gasteiger partial charge in [0.2, 0.25) is 10.0 Å². The number of rotatable bonds is 22. The third-order valence-corrected chi connectivity index (χ3v) is 9.54. The molecule has 1 aliphatic heterocycles. The van der Waals surface area contributed by atoms with Crippen molar-refractivity contribution in [1.29, 1.82) is 0 Å². The summed E-state index contributed by atoms with van der Waals surface area (Å²) in [6.07, 6.45) is 3.54. The average molecular weight is 634 g/mol. The molecule has 7 N–H and O–H groups in total. The molecule has 0 aromatic heterocycles. The summed E-state index contributed by atoms with van der Waals surface area (Å²) in [6.45, 7) is 2.76. The summed E-state index contributed by atoms with van der Waals surface area (Å²) in [7, 11) is -4.14. The van der Waals surface area contributed by atoms with E-state index in [4.69, 9.17) is 9.47 Å². The minimum atomic E-state index is -4.14. The van der Waals surface area contributed by atoms with Gasteiger partial charge in [-0.1, -0.05) is 96.1 Å². The summed E-state index contributed by atoms with van der Waals surface area (Å²) in [6, 6.07) is 4.85. The van der Waals surface area contributed by atoms with Gasteiger partial charge in [-0.2, -0.15) is 0 Å². The van der Waals surface area contributed by atoms with E-state index in [1.54, 1.807) is 19.1 Å². The highest BCUT2D eigenvalue weighted by Crippen LogP contribution is 2.23. The SMILES string of the molecule is CCCCCCCCCCCCCC[C@@H](O)[C@@H](O)[C@H](CO[C@@H]1O[C@H](CO)[C@H](O)[C@H](O)[C@H]1O)NS(=O)(=O)c1cccc(C)c1. The Morgan fingerprint density at radius 3 is 2.02 bits per heavy atom. The van der Waals surface area contributed by atoms with Crippen LogP contribution in [0.4, 0.5) is 0 Å². The second kappa shape index (κ2) is 20.0. The fraction of sp³-hybridized carbons (Fsp3) is 0.806. The largest absolute Gasteiger partial charge is 0.394 e. The molecule has 0 radical (unpaired) electrons. The number of unbranched alkanes of at least 4 members (excludes halogenated alkanes) is 11. The van der Waals surface area contributed by atoms with Crippen molar-refractivity contribution in [2.45, 2.75) is 151 Å². The van der Waals surface area contributed by atoms with E-state index < -0.39 is 72.2 Å². The van der Waals surface area contributed by atoms with Crippen LogP contribution in [-0.2, 0) is 19.5 Å². The predicted molar refractivity (Wildman–Crippen MR) is 163 cm³/mol. The molecule has 1 aromatic carbocycles. The van der Waals surface area contributed by atoms with Crippen LogP contribution in [0.15, 0.2) is 29.2 Å². The molecule has 0 aliphatic carbocycles. The Balaban J connectivity index is 1.92. The van der Waals surface area contributed by atoms with Crippen molar-refractivity contribution < 1.29 is 48.5 Å². The molecule has 8 atom stereocenters. The molecule has 12 heteroatoms. The molecule has 0 spiro atoms. The Labute approximate surface area is 257 Å². The first-order valence-electron chi connectivity index (χ1n) is 15.9. The van der Waals surface area contributed by atoms with Crippen molar-refractivity contribution in [3.63, 3.8) is 0 Å². The lowest BCUT2D eigenvalue weighted by atomic mass is 9.99. The minimum Gasteiger partial charge on any atom is -0.394 e. The zero-order valence-electron chi connectivity index (χ0n) is 25.8. The molecule has 43 heavy (non-hydrogen) atoms. The van der Waals surface area contributed by atoms with Crippen LogP contribution in [0.1, 0.15) is 96.0 Å². The van der Waals surface area contributed by atoms with Gasteiger partial charge in [0.25, 0.3) is 0 Å². The first-order chi connectivity index (χ1) is 20.5. The molecule has 2 rings (SSSR count). The predicted octanol–water partition coefficient (Wildman–Crippen LogP) is 2.27. The van der Waals surface area contributed by atoms with E-state index in [9.17, 15) is 39.1 Å². The Morgan fingerprint density at radius 2 is 1.47 bits per heavy atom. The van der Waals surface area contributed by atoms with Crippen LogP contribution >= 0.6 is 0 Å². The number of benzene rings is 1. The molecule has 0 bridgehead atoms. The molecule has 11 nitrogen and oxygen atoms in total. The summed E-state index contributed by atoms with van der Waals surface area (Å²) < 4.78 is 39.6. The third-order valence-electron chi connectivity index (χ3n) is 8.05. The fourth-order valence-electron chi connectivity index (χ4n) is 5.29. The number of ether oxygens (including phenoxy) is 2. The highest BCUT2D eigenvalue weighted by Gasteiger charge is 2.44. The molecule has 0 unspecified atom stereocenters. The van der Waals surface area contributed by atoms with E-state index in [1.807, 2.05) is 0 Å². The van der Waals surface area contributed by atoms with Gasteiger partial charge in [0.05, 0.1) is 36.4 Å². The van der Waals surface area contributed by atoms with E-state index in [2.05, 4.69) is 11.6 Å². The first kappa shape index (κ1) is 38.0. The van der Waals surface area contributed by atoms with Crippen molar-refractivity contribution in [2.24, 2.45) is 0 Å². The summed E-state index contributed by atoms with van der Waals surface area (Å²) in [5.41, 5.74) is 0.713. The average Bonchev–Trinajstić information content (AvgIpc) is 2.98. The number of aliphatic hydroxyl groups excluding tert-OH is 6. The Hall–Kier alpha value is -1.19.